The van der Waals surface area contributed by atoms with Crippen molar-refractivity contribution in [3.63, 3.8) is 0 Å². The zero-order valence-corrected chi connectivity index (χ0v) is 12.7. The summed E-state index contributed by atoms with van der Waals surface area (Å²) in [4.78, 5) is 2.82. The molecule has 1 aromatic rings. The van der Waals surface area contributed by atoms with Crippen LogP contribution in [0.25, 0.3) is 0 Å². The molecule has 0 aliphatic rings. The largest absolute Gasteiger partial charge is 0.295 e. The van der Waals surface area contributed by atoms with Gasteiger partial charge in [0, 0.05) is 11.8 Å². The molecular formula is C11H15NO6S2. The van der Waals surface area contributed by atoms with Crippen molar-refractivity contribution in [2.45, 2.75) is 36.1 Å². The summed E-state index contributed by atoms with van der Waals surface area (Å²) in [5.41, 5.74) is -0.451. The summed E-state index contributed by atoms with van der Waals surface area (Å²) in [6, 6.07) is 2.84. The third-order valence-electron chi connectivity index (χ3n) is 2.15. The maximum absolute atomic E-state index is 11.3. The van der Waals surface area contributed by atoms with Crippen molar-refractivity contribution in [3.8, 4) is 0 Å². The van der Waals surface area contributed by atoms with Crippen LogP contribution < -0.4 is 0 Å². The van der Waals surface area contributed by atoms with Crippen LogP contribution in [-0.2, 0) is 20.2 Å². The highest BCUT2D eigenvalue weighted by Gasteiger charge is 2.20. The topological polar surface area (TPSA) is 121 Å². The lowest BCUT2D eigenvalue weighted by molar-refractivity contribution is 0.481. The van der Waals surface area contributed by atoms with E-state index >= 15 is 0 Å². The van der Waals surface area contributed by atoms with Crippen molar-refractivity contribution in [1.29, 1.82) is 0 Å². The minimum atomic E-state index is -4.65. The van der Waals surface area contributed by atoms with Crippen molar-refractivity contribution >= 4 is 26.5 Å². The third-order valence-corrected chi connectivity index (χ3v) is 3.91. The van der Waals surface area contributed by atoms with E-state index in [1.54, 1.807) is 20.8 Å². The Kier molecular flexibility index (Phi) is 4.39. The molecule has 0 aliphatic heterocycles. The van der Waals surface area contributed by atoms with E-state index in [0.29, 0.717) is 6.07 Å². The van der Waals surface area contributed by atoms with Crippen LogP contribution in [-0.4, -0.2) is 37.7 Å². The second kappa shape index (κ2) is 5.24. The molecule has 0 aromatic heterocycles. The van der Waals surface area contributed by atoms with E-state index in [2.05, 4.69) is 4.99 Å². The van der Waals surface area contributed by atoms with Crippen molar-refractivity contribution in [2.75, 3.05) is 0 Å². The maximum Gasteiger partial charge on any atom is 0.295 e. The molecule has 0 fully saturated rings. The summed E-state index contributed by atoms with van der Waals surface area (Å²) in [7, 11) is -9.22. The molecule has 0 atom stereocenters. The predicted octanol–water partition coefficient (Wildman–Crippen LogP) is 1.40. The van der Waals surface area contributed by atoms with Gasteiger partial charge < -0.3 is 0 Å². The molecule has 0 bridgehead atoms. The predicted molar refractivity (Wildman–Crippen MR) is 73.4 cm³/mol. The Morgan fingerprint density at radius 3 is 2.00 bits per heavy atom. The summed E-state index contributed by atoms with van der Waals surface area (Å²) in [6.45, 7) is 5.34. The molecule has 7 nitrogen and oxygen atoms in total. The highest BCUT2D eigenvalue weighted by Crippen LogP contribution is 2.20. The SMILES string of the molecule is CC(C)(C)/N=C/c1ccc(S(=O)(=O)O)cc1S(=O)(=O)O. The minimum Gasteiger partial charge on any atom is -0.287 e. The first-order valence-electron chi connectivity index (χ1n) is 5.45. The summed E-state index contributed by atoms with van der Waals surface area (Å²) >= 11 is 0. The van der Waals surface area contributed by atoms with Gasteiger partial charge in [-0.25, -0.2) is 0 Å². The highest BCUT2D eigenvalue weighted by atomic mass is 32.2. The van der Waals surface area contributed by atoms with Crippen LogP contribution in [0, 0.1) is 0 Å². The van der Waals surface area contributed by atoms with Crippen LogP contribution >= 0.6 is 0 Å². The van der Waals surface area contributed by atoms with Crippen molar-refractivity contribution in [3.05, 3.63) is 23.8 Å². The second-order valence-corrected chi connectivity index (χ2v) is 7.89. The molecule has 0 aliphatic carbocycles. The van der Waals surface area contributed by atoms with Crippen LogP contribution in [0.3, 0.4) is 0 Å². The Morgan fingerprint density at radius 2 is 1.60 bits per heavy atom. The normalized spacial score (nSPS) is 13.8. The molecule has 0 radical (unpaired) electrons. The summed E-state index contributed by atoms with van der Waals surface area (Å²) in [6.07, 6.45) is 1.22. The van der Waals surface area contributed by atoms with Gasteiger partial charge in [-0.2, -0.15) is 16.8 Å². The zero-order valence-electron chi connectivity index (χ0n) is 11.1. The molecule has 112 valence electrons. The summed E-state index contributed by atoms with van der Waals surface area (Å²) < 4.78 is 62.5. The quantitative estimate of drug-likeness (QED) is 0.641. The van der Waals surface area contributed by atoms with Gasteiger partial charge >= 0.3 is 0 Å². The Morgan fingerprint density at radius 1 is 1.05 bits per heavy atom. The molecule has 1 aromatic carbocycles. The molecule has 0 spiro atoms. The standard InChI is InChI=1S/C11H15NO6S2/c1-11(2,3)12-7-8-4-5-9(19(13,14)15)6-10(8)20(16,17)18/h4-7H,1-3H3,(H,13,14,15)(H,16,17,18)/b12-7+. The first kappa shape index (κ1) is 16.8. The Labute approximate surface area is 117 Å². The number of hydrogen-bond donors (Lipinski definition) is 2. The summed E-state index contributed by atoms with van der Waals surface area (Å²) in [5.74, 6) is 0. The number of benzene rings is 1. The van der Waals surface area contributed by atoms with Crippen LogP contribution in [0.15, 0.2) is 33.0 Å². The fourth-order valence-electron chi connectivity index (χ4n) is 1.27. The first-order valence-corrected chi connectivity index (χ1v) is 8.33. The summed E-state index contributed by atoms with van der Waals surface area (Å²) in [5, 5.41) is 0. The number of nitrogens with zero attached hydrogens (tertiary/aromatic N) is 1. The van der Waals surface area contributed by atoms with Crippen LogP contribution in [0.4, 0.5) is 0 Å². The van der Waals surface area contributed by atoms with E-state index in [4.69, 9.17) is 9.11 Å². The smallest absolute Gasteiger partial charge is 0.287 e. The molecule has 1 rings (SSSR count). The molecule has 0 unspecified atom stereocenters. The van der Waals surface area contributed by atoms with Gasteiger partial charge in [-0.15, -0.1) is 0 Å². The van der Waals surface area contributed by atoms with E-state index in [0.717, 1.165) is 12.1 Å². The van der Waals surface area contributed by atoms with E-state index in [-0.39, 0.29) is 5.56 Å². The van der Waals surface area contributed by atoms with Crippen LogP contribution in [0.1, 0.15) is 26.3 Å². The van der Waals surface area contributed by atoms with Gasteiger partial charge in [0.2, 0.25) is 0 Å². The van der Waals surface area contributed by atoms with Gasteiger partial charge in [-0.1, -0.05) is 6.07 Å². The molecule has 0 amide bonds. The van der Waals surface area contributed by atoms with E-state index in [1.807, 2.05) is 0 Å². The van der Waals surface area contributed by atoms with Crippen LogP contribution in [0.2, 0.25) is 0 Å². The van der Waals surface area contributed by atoms with Gasteiger partial charge in [0.25, 0.3) is 20.2 Å². The molecular weight excluding hydrogens is 306 g/mol. The Balaban J connectivity index is 3.52. The maximum atomic E-state index is 11.3. The van der Waals surface area contributed by atoms with Crippen molar-refractivity contribution in [1.82, 2.24) is 0 Å². The lowest BCUT2D eigenvalue weighted by Gasteiger charge is -2.12. The minimum absolute atomic E-state index is 0.0230. The van der Waals surface area contributed by atoms with Crippen LogP contribution in [0.5, 0.6) is 0 Å². The molecule has 0 saturated heterocycles. The third kappa shape index (κ3) is 4.67. The van der Waals surface area contributed by atoms with E-state index in [9.17, 15) is 16.8 Å². The monoisotopic (exact) mass is 321 g/mol. The van der Waals surface area contributed by atoms with Gasteiger partial charge in [0.05, 0.1) is 10.4 Å². The lowest BCUT2D eigenvalue weighted by atomic mass is 10.1. The number of aliphatic imine (C=N–C) groups is 1. The fourth-order valence-corrected chi connectivity index (χ4v) is 2.54. The zero-order chi connectivity index (χ0) is 15.8. The Bertz CT molecular complexity index is 742. The molecule has 9 heteroatoms. The first-order chi connectivity index (χ1) is 8.81. The van der Waals surface area contributed by atoms with Gasteiger partial charge in [0.15, 0.2) is 0 Å². The average molecular weight is 321 g/mol. The van der Waals surface area contributed by atoms with Gasteiger partial charge in [0.1, 0.15) is 4.90 Å². The number of rotatable bonds is 3. The van der Waals surface area contributed by atoms with E-state index < -0.39 is 35.6 Å². The highest BCUT2D eigenvalue weighted by molar-refractivity contribution is 7.86. The van der Waals surface area contributed by atoms with Crippen molar-refractivity contribution in [2.24, 2.45) is 4.99 Å². The van der Waals surface area contributed by atoms with E-state index in [1.165, 1.54) is 6.21 Å². The molecule has 0 saturated carbocycles. The number of hydrogen-bond acceptors (Lipinski definition) is 5. The average Bonchev–Trinajstić information content (AvgIpc) is 2.22. The molecule has 2 N–H and O–H groups in total. The van der Waals surface area contributed by atoms with Gasteiger partial charge in [-0.3, -0.25) is 14.1 Å². The molecule has 20 heavy (non-hydrogen) atoms. The van der Waals surface area contributed by atoms with Gasteiger partial charge in [-0.05, 0) is 32.9 Å². The van der Waals surface area contributed by atoms with Crippen molar-refractivity contribution < 1.29 is 25.9 Å². The second-order valence-electron chi connectivity index (χ2n) is 5.08. The fraction of sp³-hybridized carbons (Fsp3) is 0.364. The molecule has 0 heterocycles. The Hall–Kier alpha value is -1.29. The lowest BCUT2D eigenvalue weighted by Crippen LogP contribution is -2.11.